The lowest BCUT2D eigenvalue weighted by atomic mass is 9.65. The van der Waals surface area contributed by atoms with E-state index in [4.69, 9.17) is 4.74 Å². The maximum Gasteiger partial charge on any atom is 0.321 e. The molecule has 4 nitrogen and oxygen atoms in total. The Morgan fingerprint density at radius 1 is 1.25 bits per heavy atom. The molecule has 1 saturated heterocycles. The molecule has 1 N–H and O–H groups in total. The molecular weight excluding hydrogens is 300 g/mol. The number of carbonyl (C=O) groups is 1. The highest BCUT2D eigenvalue weighted by atomic mass is 16.5. The van der Waals surface area contributed by atoms with Crippen LogP contribution < -0.4 is 10.1 Å². The van der Waals surface area contributed by atoms with E-state index in [0.717, 1.165) is 30.7 Å². The van der Waals surface area contributed by atoms with E-state index in [1.807, 2.05) is 35.2 Å². The van der Waals surface area contributed by atoms with E-state index >= 15 is 0 Å². The van der Waals surface area contributed by atoms with Crippen molar-refractivity contribution in [2.75, 3.05) is 13.7 Å². The van der Waals surface area contributed by atoms with Gasteiger partial charge in [0.1, 0.15) is 5.75 Å². The van der Waals surface area contributed by atoms with Gasteiger partial charge in [-0.3, -0.25) is 0 Å². The summed E-state index contributed by atoms with van der Waals surface area (Å²) in [4.78, 5) is 14.6. The van der Waals surface area contributed by atoms with E-state index in [0.29, 0.717) is 11.5 Å². The summed E-state index contributed by atoms with van der Waals surface area (Å²) in [7, 11) is 1.65. The molecule has 1 saturated carbocycles. The topological polar surface area (TPSA) is 41.6 Å². The summed E-state index contributed by atoms with van der Waals surface area (Å²) in [5.41, 5.74) is 1.62. The SMILES string of the molecule is COc1ccc(/C=C/NC(=O)N2CC3(C)CC2CC(C)(C)C3)cc1. The third-order valence-corrected chi connectivity index (χ3v) is 5.27. The number of nitrogens with one attached hydrogen (secondary N) is 1. The standard InChI is InChI=1S/C20H28N2O2/c1-19(2)11-16-12-20(3,13-19)14-22(16)18(23)21-10-9-15-5-7-17(24-4)8-6-15/h5-10,16H,11-14H2,1-4H3,(H,21,23)/b10-9+. The highest BCUT2D eigenvalue weighted by molar-refractivity contribution is 5.77. The molecule has 1 aromatic rings. The average Bonchev–Trinajstić information content (AvgIpc) is 2.77. The second kappa shape index (κ2) is 6.15. The van der Waals surface area contributed by atoms with Crippen LogP contribution in [-0.4, -0.2) is 30.6 Å². The van der Waals surface area contributed by atoms with Gasteiger partial charge in [0.25, 0.3) is 0 Å². The minimum Gasteiger partial charge on any atom is -0.497 e. The molecule has 2 amide bonds. The first-order chi connectivity index (χ1) is 11.3. The monoisotopic (exact) mass is 328 g/mol. The van der Waals surface area contributed by atoms with E-state index in [-0.39, 0.29) is 11.4 Å². The Balaban J connectivity index is 1.60. The van der Waals surface area contributed by atoms with Gasteiger partial charge in [0, 0.05) is 18.8 Å². The number of methoxy groups -OCH3 is 1. The number of nitrogens with zero attached hydrogens (tertiary/aromatic N) is 1. The molecule has 130 valence electrons. The fourth-order valence-electron chi connectivity index (χ4n) is 4.70. The summed E-state index contributed by atoms with van der Waals surface area (Å²) in [5, 5.41) is 2.93. The lowest BCUT2D eigenvalue weighted by Crippen LogP contribution is -2.41. The van der Waals surface area contributed by atoms with Gasteiger partial charge in [0.2, 0.25) is 0 Å². The number of carbonyl (C=O) groups excluding carboxylic acids is 1. The lowest BCUT2D eigenvalue weighted by molar-refractivity contribution is 0.129. The third-order valence-electron chi connectivity index (χ3n) is 5.27. The molecule has 2 atom stereocenters. The molecule has 1 aliphatic heterocycles. The van der Waals surface area contributed by atoms with E-state index in [1.54, 1.807) is 13.3 Å². The normalized spacial score (nSPS) is 28.2. The predicted octanol–water partition coefficient (Wildman–Crippen LogP) is 4.28. The van der Waals surface area contributed by atoms with E-state index in [2.05, 4.69) is 26.1 Å². The first kappa shape index (κ1) is 16.9. The van der Waals surface area contributed by atoms with Crippen LogP contribution >= 0.6 is 0 Å². The largest absolute Gasteiger partial charge is 0.497 e. The van der Waals surface area contributed by atoms with Gasteiger partial charge in [0.15, 0.2) is 0 Å². The second-order valence-electron chi connectivity index (χ2n) is 8.40. The van der Waals surface area contributed by atoms with Crippen molar-refractivity contribution in [3.63, 3.8) is 0 Å². The van der Waals surface area contributed by atoms with Gasteiger partial charge in [-0.1, -0.05) is 32.9 Å². The summed E-state index contributed by atoms with van der Waals surface area (Å²) in [6.45, 7) is 7.83. The lowest BCUT2D eigenvalue weighted by Gasteiger charge is -2.39. The quantitative estimate of drug-likeness (QED) is 0.900. The molecule has 2 fully saturated rings. The molecule has 24 heavy (non-hydrogen) atoms. The summed E-state index contributed by atoms with van der Waals surface area (Å²) in [6.07, 6.45) is 7.07. The van der Waals surface area contributed by atoms with Crippen molar-refractivity contribution in [2.45, 2.75) is 46.1 Å². The fourth-order valence-corrected chi connectivity index (χ4v) is 4.70. The molecule has 0 radical (unpaired) electrons. The molecule has 1 aliphatic carbocycles. The van der Waals surface area contributed by atoms with Crippen molar-refractivity contribution in [2.24, 2.45) is 10.8 Å². The van der Waals surface area contributed by atoms with Gasteiger partial charge in [-0.05, 0) is 53.9 Å². The predicted molar refractivity (Wildman–Crippen MR) is 96.8 cm³/mol. The first-order valence-electron chi connectivity index (χ1n) is 8.68. The molecule has 0 aromatic heterocycles. The van der Waals surface area contributed by atoms with Crippen molar-refractivity contribution in [1.82, 2.24) is 10.2 Å². The Morgan fingerprint density at radius 2 is 1.96 bits per heavy atom. The molecule has 2 aliphatic rings. The second-order valence-corrected chi connectivity index (χ2v) is 8.40. The van der Waals surface area contributed by atoms with Crippen LogP contribution in [0.5, 0.6) is 5.75 Å². The van der Waals surface area contributed by atoms with Crippen LogP contribution in [0, 0.1) is 10.8 Å². The number of urea groups is 1. The van der Waals surface area contributed by atoms with Crippen molar-refractivity contribution in [3.05, 3.63) is 36.0 Å². The molecule has 2 bridgehead atoms. The van der Waals surface area contributed by atoms with Crippen molar-refractivity contribution in [3.8, 4) is 5.75 Å². The zero-order valence-corrected chi connectivity index (χ0v) is 15.1. The maximum absolute atomic E-state index is 12.6. The summed E-state index contributed by atoms with van der Waals surface area (Å²) >= 11 is 0. The molecule has 0 spiro atoms. The molecule has 1 aromatic carbocycles. The maximum atomic E-state index is 12.6. The number of likely N-dealkylation sites (tertiary alicyclic amines) is 1. The number of rotatable bonds is 3. The first-order valence-corrected chi connectivity index (χ1v) is 8.68. The number of amides is 2. The van der Waals surface area contributed by atoms with Crippen LogP contribution in [0.1, 0.15) is 45.6 Å². The summed E-state index contributed by atoms with van der Waals surface area (Å²) in [5.74, 6) is 0.830. The zero-order chi connectivity index (χ0) is 17.4. The average molecular weight is 328 g/mol. The van der Waals surface area contributed by atoms with Crippen LogP contribution in [0.2, 0.25) is 0 Å². The smallest absolute Gasteiger partial charge is 0.321 e. The number of hydrogen-bond donors (Lipinski definition) is 1. The van der Waals surface area contributed by atoms with Crippen LogP contribution in [0.15, 0.2) is 30.5 Å². The molecule has 2 unspecified atom stereocenters. The minimum absolute atomic E-state index is 0.0196. The van der Waals surface area contributed by atoms with Gasteiger partial charge < -0.3 is 15.0 Å². The third kappa shape index (κ3) is 3.58. The molecular formula is C20H28N2O2. The summed E-state index contributed by atoms with van der Waals surface area (Å²) in [6, 6.07) is 8.14. The van der Waals surface area contributed by atoms with Gasteiger partial charge in [-0.2, -0.15) is 0 Å². The van der Waals surface area contributed by atoms with E-state index < -0.39 is 0 Å². The van der Waals surface area contributed by atoms with Gasteiger partial charge in [-0.15, -0.1) is 0 Å². The van der Waals surface area contributed by atoms with Crippen LogP contribution in [-0.2, 0) is 0 Å². The van der Waals surface area contributed by atoms with Crippen molar-refractivity contribution < 1.29 is 9.53 Å². The van der Waals surface area contributed by atoms with E-state index in [1.165, 1.54) is 6.42 Å². The number of benzene rings is 1. The van der Waals surface area contributed by atoms with Gasteiger partial charge in [-0.25, -0.2) is 4.79 Å². The number of hydrogen-bond acceptors (Lipinski definition) is 2. The zero-order valence-electron chi connectivity index (χ0n) is 15.1. The Morgan fingerprint density at radius 3 is 2.62 bits per heavy atom. The highest BCUT2D eigenvalue weighted by Gasteiger charge is 2.50. The van der Waals surface area contributed by atoms with E-state index in [9.17, 15) is 4.79 Å². The molecule has 4 heteroatoms. The Kier molecular flexibility index (Phi) is 4.33. The van der Waals surface area contributed by atoms with Crippen LogP contribution in [0.4, 0.5) is 4.79 Å². The molecule has 1 heterocycles. The Bertz CT molecular complexity index is 636. The van der Waals surface area contributed by atoms with Gasteiger partial charge >= 0.3 is 6.03 Å². The van der Waals surface area contributed by atoms with Crippen LogP contribution in [0.25, 0.3) is 6.08 Å². The number of ether oxygens (including phenoxy) is 1. The minimum atomic E-state index is 0.0196. The van der Waals surface area contributed by atoms with Crippen molar-refractivity contribution >= 4 is 12.1 Å². The fraction of sp³-hybridized carbons (Fsp3) is 0.550. The summed E-state index contributed by atoms with van der Waals surface area (Å²) < 4.78 is 5.15. The Labute approximate surface area is 144 Å². The highest BCUT2D eigenvalue weighted by Crippen LogP contribution is 2.52. The van der Waals surface area contributed by atoms with Crippen LogP contribution in [0.3, 0.4) is 0 Å². The van der Waals surface area contributed by atoms with Crippen molar-refractivity contribution in [1.29, 1.82) is 0 Å². The molecule has 3 rings (SSSR count). The number of fused-ring (bicyclic) bond motifs is 2. The van der Waals surface area contributed by atoms with Gasteiger partial charge in [0.05, 0.1) is 7.11 Å². The Hall–Kier alpha value is -1.97.